The third-order valence-electron chi connectivity index (χ3n) is 2.81. The van der Waals surface area contributed by atoms with Crippen molar-refractivity contribution >= 4 is 117 Å². The standard InChI is InChI=1S/C14H19IS8/c1-16-9-10(17-2)21-13(20-9)14-22-11(18-3)12(23-14)19-8-6-4-5-7-15/h4-8H2,1-3H3. The summed E-state index contributed by atoms with van der Waals surface area (Å²) in [5, 5.41) is 0. The van der Waals surface area contributed by atoms with Gasteiger partial charge in [0.25, 0.3) is 0 Å². The van der Waals surface area contributed by atoms with Crippen LogP contribution in [0.5, 0.6) is 0 Å². The van der Waals surface area contributed by atoms with E-state index in [1.54, 1.807) is 0 Å². The molecule has 0 atom stereocenters. The molecule has 130 valence electrons. The van der Waals surface area contributed by atoms with E-state index >= 15 is 0 Å². The molecule has 0 aromatic heterocycles. The number of alkyl halides is 1. The van der Waals surface area contributed by atoms with E-state index in [-0.39, 0.29) is 0 Å². The van der Waals surface area contributed by atoms with Crippen LogP contribution in [0.4, 0.5) is 0 Å². The van der Waals surface area contributed by atoms with E-state index < -0.39 is 0 Å². The number of thioether (sulfide) groups is 8. The Kier molecular flexibility index (Phi) is 11.7. The maximum Gasteiger partial charge on any atom is 0.0717 e. The molecular formula is C14H19IS8. The molecule has 0 saturated heterocycles. The van der Waals surface area contributed by atoms with Gasteiger partial charge >= 0.3 is 0 Å². The molecule has 0 aromatic rings. The summed E-state index contributed by atoms with van der Waals surface area (Å²) in [7, 11) is 0. The van der Waals surface area contributed by atoms with Crippen molar-refractivity contribution < 1.29 is 0 Å². The summed E-state index contributed by atoms with van der Waals surface area (Å²) < 4.78 is 10.2. The third kappa shape index (κ3) is 6.69. The van der Waals surface area contributed by atoms with Crippen LogP contribution >= 0.6 is 117 Å². The van der Waals surface area contributed by atoms with Crippen molar-refractivity contribution in [2.24, 2.45) is 0 Å². The molecule has 0 fully saturated rings. The normalized spacial score (nSPS) is 18.8. The van der Waals surface area contributed by atoms with Gasteiger partial charge in [-0.15, -0.1) is 47.0 Å². The van der Waals surface area contributed by atoms with Crippen LogP contribution in [0.15, 0.2) is 25.4 Å². The van der Waals surface area contributed by atoms with E-state index in [1.165, 1.54) is 54.9 Å². The summed E-state index contributed by atoms with van der Waals surface area (Å²) in [6.07, 6.45) is 10.7. The van der Waals surface area contributed by atoms with Crippen LogP contribution in [0, 0.1) is 0 Å². The van der Waals surface area contributed by atoms with Crippen LogP contribution in [-0.4, -0.2) is 28.9 Å². The second kappa shape index (κ2) is 12.3. The average Bonchev–Trinajstić information content (AvgIpc) is 3.17. The molecule has 2 heterocycles. The lowest BCUT2D eigenvalue weighted by atomic mass is 10.3. The Morgan fingerprint density at radius 1 is 0.696 bits per heavy atom. The molecular weight excluding hydrogens is 552 g/mol. The molecule has 2 aliphatic rings. The largest absolute Gasteiger partial charge is 0.121 e. The molecule has 0 aromatic carbocycles. The van der Waals surface area contributed by atoms with Crippen molar-refractivity contribution in [3.8, 4) is 0 Å². The molecule has 0 spiro atoms. The minimum atomic E-state index is 1.26. The zero-order chi connectivity index (χ0) is 16.7. The highest BCUT2D eigenvalue weighted by Crippen LogP contribution is 2.65. The van der Waals surface area contributed by atoms with E-state index in [0.717, 1.165) is 0 Å². The lowest BCUT2D eigenvalue weighted by Gasteiger charge is -2.03. The Bertz CT molecular complexity index is 493. The van der Waals surface area contributed by atoms with Crippen LogP contribution in [0.1, 0.15) is 19.3 Å². The Balaban J connectivity index is 1.93. The van der Waals surface area contributed by atoms with Crippen molar-refractivity contribution in [1.82, 2.24) is 0 Å². The molecule has 0 aliphatic carbocycles. The van der Waals surface area contributed by atoms with Gasteiger partial charge in [0.15, 0.2) is 0 Å². The second-order valence-electron chi connectivity index (χ2n) is 4.34. The topological polar surface area (TPSA) is 0 Å². The number of rotatable bonds is 9. The summed E-state index contributed by atoms with van der Waals surface area (Å²) in [5.41, 5.74) is 0. The minimum absolute atomic E-state index is 1.26. The highest BCUT2D eigenvalue weighted by atomic mass is 127. The highest BCUT2D eigenvalue weighted by molar-refractivity contribution is 14.1. The molecule has 0 N–H and O–H groups in total. The SMILES string of the molecule is CSC1=C(SC)SC(=C2SC(SC)=C(SCCCCCI)S2)S1. The van der Waals surface area contributed by atoms with E-state index in [2.05, 4.69) is 53.1 Å². The van der Waals surface area contributed by atoms with Gasteiger partial charge in [0.2, 0.25) is 0 Å². The first-order valence-electron chi connectivity index (χ1n) is 6.98. The van der Waals surface area contributed by atoms with Gasteiger partial charge in [-0.25, -0.2) is 0 Å². The van der Waals surface area contributed by atoms with Gasteiger partial charge in [0, 0.05) is 0 Å². The van der Waals surface area contributed by atoms with Crippen molar-refractivity contribution in [2.45, 2.75) is 19.3 Å². The fraction of sp³-hybridized carbons (Fsp3) is 0.571. The molecule has 0 saturated carbocycles. The molecule has 0 amide bonds. The maximum atomic E-state index is 2.48. The molecule has 2 aliphatic heterocycles. The fourth-order valence-electron chi connectivity index (χ4n) is 1.71. The second-order valence-corrected chi connectivity index (χ2v) is 14.6. The van der Waals surface area contributed by atoms with Gasteiger partial charge in [0.05, 0.1) is 25.4 Å². The fourth-order valence-corrected chi connectivity index (χ4v) is 13.1. The first-order valence-corrected chi connectivity index (χ1v) is 16.4. The third-order valence-corrected chi connectivity index (χ3v) is 14.8. The minimum Gasteiger partial charge on any atom is -0.121 e. The predicted octanol–water partition coefficient (Wildman–Crippen LogP) is 8.75. The Morgan fingerprint density at radius 2 is 1.17 bits per heavy atom. The zero-order valence-corrected chi connectivity index (χ0v) is 21.9. The summed E-state index contributed by atoms with van der Waals surface area (Å²) in [6.45, 7) is 0. The van der Waals surface area contributed by atoms with Crippen molar-refractivity contribution in [2.75, 3.05) is 28.9 Å². The number of hydrogen-bond acceptors (Lipinski definition) is 8. The monoisotopic (exact) mass is 570 g/mol. The van der Waals surface area contributed by atoms with Crippen LogP contribution in [0.25, 0.3) is 0 Å². The van der Waals surface area contributed by atoms with Gasteiger partial charge in [-0.1, -0.05) is 76.1 Å². The molecule has 0 bridgehead atoms. The zero-order valence-electron chi connectivity index (χ0n) is 13.2. The van der Waals surface area contributed by atoms with Crippen LogP contribution in [-0.2, 0) is 0 Å². The summed E-state index contributed by atoms with van der Waals surface area (Å²) >= 11 is 18.1. The van der Waals surface area contributed by atoms with Gasteiger partial charge in [-0.2, -0.15) is 0 Å². The quantitative estimate of drug-likeness (QED) is 0.151. The van der Waals surface area contributed by atoms with E-state index in [1.807, 2.05) is 82.3 Å². The number of unbranched alkanes of at least 4 members (excludes halogenated alkanes) is 2. The highest BCUT2D eigenvalue weighted by Gasteiger charge is 2.29. The Morgan fingerprint density at radius 3 is 1.65 bits per heavy atom. The smallest absolute Gasteiger partial charge is 0.0717 e. The lowest BCUT2D eigenvalue weighted by molar-refractivity contribution is 0.793. The van der Waals surface area contributed by atoms with Crippen molar-refractivity contribution in [3.05, 3.63) is 25.4 Å². The van der Waals surface area contributed by atoms with Crippen molar-refractivity contribution in [1.29, 1.82) is 0 Å². The molecule has 9 heteroatoms. The van der Waals surface area contributed by atoms with E-state index in [9.17, 15) is 0 Å². The van der Waals surface area contributed by atoms with Crippen LogP contribution in [0.3, 0.4) is 0 Å². The number of halogens is 1. The number of hydrogen-bond donors (Lipinski definition) is 0. The first-order chi connectivity index (χ1) is 11.2. The predicted molar refractivity (Wildman–Crippen MR) is 137 cm³/mol. The molecule has 0 unspecified atom stereocenters. The molecule has 23 heavy (non-hydrogen) atoms. The first kappa shape index (κ1) is 22.0. The van der Waals surface area contributed by atoms with Gasteiger partial charge in [-0.05, 0) is 41.8 Å². The summed E-state index contributed by atoms with van der Waals surface area (Å²) in [6, 6.07) is 0. The van der Waals surface area contributed by atoms with Crippen LogP contribution in [0.2, 0.25) is 0 Å². The van der Waals surface area contributed by atoms with Gasteiger partial charge in [0.1, 0.15) is 0 Å². The molecule has 2 rings (SSSR count). The maximum absolute atomic E-state index is 2.48. The van der Waals surface area contributed by atoms with Crippen molar-refractivity contribution in [3.63, 3.8) is 0 Å². The summed E-state index contributed by atoms with van der Waals surface area (Å²) in [5.74, 6) is 1.26. The van der Waals surface area contributed by atoms with Gasteiger partial charge < -0.3 is 0 Å². The summed E-state index contributed by atoms with van der Waals surface area (Å²) in [4.78, 5) is 0. The van der Waals surface area contributed by atoms with Gasteiger partial charge in [-0.3, -0.25) is 0 Å². The molecule has 0 radical (unpaired) electrons. The van der Waals surface area contributed by atoms with E-state index in [0.29, 0.717) is 0 Å². The lowest BCUT2D eigenvalue weighted by Crippen LogP contribution is -1.82. The average molecular weight is 571 g/mol. The Labute approximate surface area is 188 Å². The Hall–Kier alpha value is 2.75. The van der Waals surface area contributed by atoms with E-state index in [4.69, 9.17) is 0 Å². The molecule has 0 nitrogen and oxygen atoms in total. The van der Waals surface area contributed by atoms with Crippen LogP contribution < -0.4 is 0 Å².